The molecule has 2 N–H and O–H groups in total. The minimum atomic E-state index is 0.149. The highest BCUT2D eigenvalue weighted by Crippen LogP contribution is 2.17. The molecule has 0 aromatic rings. The second-order valence-electron chi connectivity index (χ2n) is 5.34. The normalized spacial score (nSPS) is 12.4. The molecule has 19 heavy (non-hydrogen) atoms. The first kappa shape index (κ1) is 18.4. The number of hydrogen-bond donors (Lipinski definition) is 1. The summed E-state index contributed by atoms with van der Waals surface area (Å²) in [6.45, 7) is 8.57. The molecule has 1 atom stereocenters. The summed E-state index contributed by atoms with van der Waals surface area (Å²) < 4.78 is 0. The molecule has 114 valence electrons. The highest BCUT2D eigenvalue weighted by molar-refractivity contribution is 5.78. The van der Waals surface area contributed by atoms with Crippen molar-refractivity contribution in [1.82, 2.24) is 4.90 Å². The van der Waals surface area contributed by atoms with Gasteiger partial charge in [-0.15, -0.1) is 0 Å². The largest absolute Gasteiger partial charge is 0.343 e. The van der Waals surface area contributed by atoms with E-state index in [4.69, 9.17) is 5.73 Å². The summed E-state index contributed by atoms with van der Waals surface area (Å²) in [6, 6.07) is 0. The van der Waals surface area contributed by atoms with Crippen LogP contribution in [0.15, 0.2) is 0 Å². The molecule has 0 spiro atoms. The minimum absolute atomic E-state index is 0.149. The maximum absolute atomic E-state index is 12.3. The Morgan fingerprint density at radius 2 is 1.53 bits per heavy atom. The molecule has 0 fully saturated rings. The molecule has 0 heterocycles. The van der Waals surface area contributed by atoms with Crippen molar-refractivity contribution in [3.63, 3.8) is 0 Å². The molecule has 3 nitrogen and oxygen atoms in total. The average Bonchev–Trinajstić information content (AvgIpc) is 2.42. The van der Waals surface area contributed by atoms with Crippen molar-refractivity contribution < 1.29 is 4.79 Å². The molecule has 0 aliphatic carbocycles. The zero-order valence-corrected chi connectivity index (χ0v) is 13.3. The molecule has 0 aliphatic rings. The van der Waals surface area contributed by atoms with Gasteiger partial charge >= 0.3 is 0 Å². The van der Waals surface area contributed by atoms with Crippen molar-refractivity contribution >= 4 is 5.91 Å². The second-order valence-corrected chi connectivity index (χ2v) is 5.34. The predicted molar refractivity (Wildman–Crippen MR) is 83.1 cm³/mol. The molecule has 0 saturated heterocycles. The third kappa shape index (κ3) is 8.25. The lowest BCUT2D eigenvalue weighted by atomic mass is 9.95. The standard InChI is InChI=1S/C16H34N2O/c1-4-7-8-9-10-11-12-15(13-14-17)16(19)18(5-2)6-3/h15H,4-14,17H2,1-3H3. The van der Waals surface area contributed by atoms with Gasteiger partial charge in [-0.3, -0.25) is 4.79 Å². The van der Waals surface area contributed by atoms with Crippen LogP contribution in [0.5, 0.6) is 0 Å². The fourth-order valence-corrected chi connectivity index (χ4v) is 2.56. The summed E-state index contributed by atoms with van der Waals surface area (Å²) in [4.78, 5) is 14.3. The molecular weight excluding hydrogens is 236 g/mol. The zero-order valence-electron chi connectivity index (χ0n) is 13.3. The van der Waals surface area contributed by atoms with Crippen molar-refractivity contribution in [3.05, 3.63) is 0 Å². The van der Waals surface area contributed by atoms with Crippen LogP contribution in [0.3, 0.4) is 0 Å². The first-order valence-corrected chi connectivity index (χ1v) is 8.19. The summed E-state index contributed by atoms with van der Waals surface area (Å²) >= 11 is 0. The Bertz CT molecular complexity index is 215. The van der Waals surface area contributed by atoms with E-state index in [1.54, 1.807) is 0 Å². The van der Waals surface area contributed by atoms with E-state index in [-0.39, 0.29) is 5.92 Å². The van der Waals surface area contributed by atoms with Crippen molar-refractivity contribution in [2.45, 2.75) is 72.1 Å². The van der Waals surface area contributed by atoms with Crippen LogP contribution in [0.2, 0.25) is 0 Å². The molecule has 3 heteroatoms. The Morgan fingerprint density at radius 3 is 2.05 bits per heavy atom. The van der Waals surface area contributed by atoms with Gasteiger partial charge in [-0.05, 0) is 33.2 Å². The molecule has 0 aliphatic heterocycles. The van der Waals surface area contributed by atoms with Gasteiger partial charge in [0.25, 0.3) is 0 Å². The molecular formula is C16H34N2O. The molecule has 0 radical (unpaired) electrons. The van der Waals surface area contributed by atoms with Gasteiger partial charge in [0.2, 0.25) is 5.91 Å². The highest BCUT2D eigenvalue weighted by Gasteiger charge is 2.21. The number of rotatable bonds is 12. The quantitative estimate of drug-likeness (QED) is 0.551. The first-order valence-electron chi connectivity index (χ1n) is 8.19. The van der Waals surface area contributed by atoms with Crippen LogP contribution in [0.4, 0.5) is 0 Å². The van der Waals surface area contributed by atoms with E-state index in [0.717, 1.165) is 25.9 Å². The van der Waals surface area contributed by atoms with Crippen molar-refractivity contribution in [2.75, 3.05) is 19.6 Å². The Hall–Kier alpha value is -0.570. The van der Waals surface area contributed by atoms with Crippen LogP contribution >= 0.6 is 0 Å². The van der Waals surface area contributed by atoms with Gasteiger partial charge in [0.1, 0.15) is 0 Å². The number of carbonyl (C=O) groups excluding carboxylic acids is 1. The van der Waals surface area contributed by atoms with E-state index in [1.807, 2.05) is 18.7 Å². The van der Waals surface area contributed by atoms with Crippen LogP contribution < -0.4 is 5.73 Å². The molecule has 1 unspecified atom stereocenters. The van der Waals surface area contributed by atoms with Crippen LogP contribution in [-0.4, -0.2) is 30.4 Å². The van der Waals surface area contributed by atoms with Gasteiger partial charge < -0.3 is 10.6 Å². The third-order valence-corrected chi connectivity index (χ3v) is 3.85. The van der Waals surface area contributed by atoms with Crippen LogP contribution in [-0.2, 0) is 4.79 Å². The van der Waals surface area contributed by atoms with Crippen LogP contribution in [0.1, 0.15) is 72.1 Å². The number of carbonyl (C=O) groups is 1. The molecule has 0 bridgehead atoms. The Morgan fingerprint density at radius 1 is 0.947 bits per heavy atom. The SMILES string of the molecule is CCCCCCCCC(CCN)C(=O)N(CC)CC. The Kier molecular flexibility index (Phi) is 12.1. The smallest absolute Gasteiger partial charge is 0.225 e. The number of unbranched alkanes of at least 4 members (excludes halogenated alkanes) is 5. The molecule has 1 amide bonds. The van der Waals surface area contributed by atoms with Crippen LogP contribution in [0.25, 0.3) is 0 Å². The number of hydrogen-bond acceptors (Lipinski definition) is 2. The molecule has 0 saturated carbocycles. The van der Waals surface area contributed by atoms with E-state index in [2.05, 4.69) is 6.92 Å². The van der Waals surface area contributed by atoms with Crippen molar-refractivity contribution in [1.29, 1.82) is 0 Å². The Balaban J connectivity index is 4.00. The average molecular weight is 270 g/mol. The highest BCUT2D eigenvalue weighted by atomic mass is 16.2. The zero-order chi connectivity index (χ0) is 14.5. The summed E-state index contributed by atoms with van der Waals surface area (Å²) in [5.74, 6) is 0.458. The van der Waals surface area contributed by atoms with E-state index in [1.165, 1.54) is 38.5 Å². The van der Waals surface area contributed by atoms with Gasteiger partial charge in [-0.1, -0.05) is 45.4 Å². The lowest BCUT2D eigenvalue weighted by molar-refractivity contribution is -0.135. The van der Waals surface area contributed by atoms with E-state index in [0.29, 0.717) is 12.5 Å². The van der Waals surface area contributed by atoms with Gasteiger partial charge in [0.05, 0.1) is 0 Å². The maximum atomic E-state index is 12.3. The lowest BCUT2D eigenvalue weighted by Gasteiger charge is -2.25. The minimum Gasteiger partial charge on any atom is -0.343 e. The van der Waals surface area contributed by atoms with E-state index in [9.17, 15) is 4.79 Å². The maximum Gasteiger partial charge on any atom is 0.225 e. The lowest BCUT2D eigenvalue weighted by Crippen LogP contribution is -2.36. The Labute approximate surface area is 119 Å². The summed E-state index contributed by atoms with van der Waals surface area (Å²) in [6.07, 6.45) is 9.54. The monoisotopic (exact) mass is 270 g/mol. The summed E-state index contributed by atoms with van der Waals surface area (Å²) in [5.41, 5.74) is 5.65. The predicted octanol–water partition coefficient (Wildman–Crippen LogP) is 3.57. The summed E-state index contributed by atoms with van der Waals surface area (Å²) in [5, 5.41) is 0. The topological polar surface area (TPSA) is 46.3 Å². The van der Waals surface area contributed by atoms with Gasteiger partial charge in [0, 0.05) is 19.0 Å². The second kappa shape index (κ2) is 12.5. The van der Waals surface area contributed by atoms with Crippen molar-refractivity contribution in [2.24, 2.45) is 11.7 Å². The number of nitrogens with zero attached hydrogens (tertiary/aromatic N) is 1. The van der Waals surface area contributed by atoms with Gasteiger partial charge in [0.15, 0.2) is 0 Å². The van der Waals surface area contributed by atoms with Crippen molar-refractivity contribution in [3.8, 4) is 0 Å². The molecule has 0 aromatic heterocycles. The van der Waals surface area contributed by atoms with E-state index < -0.39 is 0 Å². The first-order chi connectivity index (χ1) is 9.21. The molecule has 0 aromatic carbocycles. The van der Waals surface area contributed by atoms with Crippen LogP contribution in [0, 0.1) is 5.92 Å². The number of amides is 1. The fourth-order valence-electron chi connectivity index (χ4n) is 2.56. The summed E-state index contributed by atoms with van der Waals surface area (Å²) in [7, 11) is 0. The van der Waals surface area contributed by atoms with E-state index >= 15 is 0 Å². The number of nitrogens with two attached hydrogens (primary N) is 1. The van der Waals surface area contributed by atoms with Gasteiger partial charge in [-0.2, -0.15) is 0 Å². The molecule has 0 rings (SSSR count). The third-order valence-electron chi connectivity index (χ3n) is 3.85. The van der Waals surface area contributed by atoms with Gasteiger partial charge in [-0.25, -0.2) is 0 Å². The fraction of sp³-hybridized carbons (Fsp3) is 0.938.